The number of ether oxygens (including phenoxy) is 1. The molecule has 2 rings (SSSR count). The van der Waals surface area contributed by atoms with Crippen LogP contribution in [0, 0.1) is 10.1 Å². The average molecular weight is 224 g/mol. The van der Waals surface area contributed by atoms with Crippen molar-refractivity contribution in [1.82, 2.24) is 5.32 Å². The molecule has 1 aliphatic heterocycles. The smallest absolute Gasteiger partial charge is 0.275 e. The number of nitro benzene ring substituents is 1. The Bertz CT molecular complexity index is 429. The van der Waals surface area contributed by atoms with Gasteiger partial charge in [0.25, 0.3) is 5.69 Å². The van der Waals surface area contributed by atoms with Gasteiger partial charge in [0, 0.05) is 19.2 Å². The molecule has 0 saturated carbocycles. The first-order valence-electron chi connectivity index (χ1n) is 4.83. The third kappa shape index (κ3) is 1.62. The van der Waals surface area contributed by atoms with Gasteiger partial charge in [0.15, 0.2) is 0 Å². The summed E-state index contributed by atoms with van der Waals surface area (Å²) in [6.45, 7) is 0.641. The van der Waals surface area contributed by atoms with E-state index in [1.54, 1.807) is 0 Å². The van der Waals surface area contributed by atoms with Crippen LogP contribution in [-0.4, -0.2) is 30.2 Å². The molecule has 6 nitrogen and oxygen atoms in total. The summed E-state index contributed by atoms with van der Waals surface area (Å²) >= 11 is 0. The molecule has 1 aliphatic rings. The number of rotatable bonds is 3. The van der Waals surface area contributed by atoms with Crippen LogP contribution in [0.2, 0.25) is 0 Å². The summed E-state index contributed by atoms with van der Waals surface area (Å²) in [6.07, 6.45) is 0. The first-order chi connectivity index (χ1) is 7.57. The van der Waals surface area contributed by atoms with Crippen LogP contribution in [0.3, 0.4) is 0 Å². The maximum Gasteiger partial charge on any atom is 0.275 e. The van der Waals surface area contributed by atoms with E-state index in [1.807, 2.05) is 0 Å². The largest absolute Gasteiger partial charge is 0.497 e. The average Bonchev–Trinajstić information content (AvgIpc) is 2.24. The third-order valence-corrected chi connectivity index (χ3v) is 2.74. The fourth-order valence-electron chi connectivity index (χ4n) is 1.73. The predicted octanol–water partition coefficient (Wildman–Crippen LogP) is 0.394. The molecule has 1 fully saturated rings. The van der Waals surface area contributed by atoms with Gasteiger partial charge in [0.2, 0.25) is 0 Å². The molecule has 0 aromatic heterocycles. The molecule has 16 heavy (non-hydrogen) atoms. The molecule has 86 valence electrons. The normalized spacial score (nSPS) is 17.6. The van der Waals surface area contributed by atoms with Crippen molar-refractivity contribution in [2.45, 2.75) is 5.60 Å². The zero-order valence-electron chi connectivity index (χ0n) is 8.77. The molecule has 0 bridgehead atoms. The number of hydrogen-bond acceptors (Lipinski definition) is 5. The van der Waals surface area contributed by atoms with Gasteiger partial charge in [-0.1, -0.05) is 0 Å². The Morgan fingerprint density at radius 3 is 2.69 bits per heavy atom. The molecular formula is C10H12N2O4. The molecular weight excluding hydrogens is 212 g/mol. The van der Waals surface area contributed by atoms with Gasteiger partial charge in [-0.15, -0.1) is 0 Å². The van der Waals surface area contributed by atoms with Crippen molar-refractivity contribution < 1.29 is 14.8 Å². The van der Waals surface area contributed by atoms with Crippen LogP contribution in [-0.2, 0) is 5.60 Å². The molecule has 0 spiro atoms. The number of benzene rings is 1. The van der Waals surface area contributed by atoms with Gasteiger partial charge in [-0.25, -0.2) is 0 Å². The summed E-state index contributed by atoms with van der Waals surface area (Å²) in [7, 11) is 1.48. The Morgan fingerprint density at radius 2 is 2.25 bits per heavy atom. The lowest BCUT2D eigenvalue weighted by molar-refractivity contribution is -0.386. The molecule has 0 aliphatic carbocycles. The van der Waals surface area contributed by atoms with E-state index in [9.17, 15) is 15.2 Å². The van der Waals surface area contributed by atoms with Crippen molar-refractivity contribution in [1.29, 1.82) is 0 Å². The second-order valence-electron chi connectivity index (χ2n) is 3.78. The van der Waals surface area contributed by atoms with Crippen LogP contribution in [0.25, 0.3) is 0 Å². The summed E-state index contributed by atoms with van der Waals surface area (Å²) in [4.78, 5) is 10.3. The van der Waals surface area contributed by atoms with Gasteiger partial charge in [0.1, 0.15) is 11.4 Å². The fraction of sp³-hybridized carbons (Fsp3) is 0.400. The van der Waals surface area contributed by atoms with E-state index < -0.39 is 10.5 Å². The molecule has 0 unspecified atom stereocenters. The number of nitrogens with zero attached hydrogens (tertiary/aromatic N) is 1. The molecule has 2 N–H and O–H groups in total. The fourth-order valence-corrected chi connectivity index (χ4v) is 1.73. The molecule has 1 saturated heterocycles. The van der Waals surface area contributed by atoms with Gasteiger partial charge in [-0.2, -0.15) is 0 Å². The number of hydrogen-bond donors (Lipinski definition) is 2. The Labute approximate surface area is 92.0 Å². The van der Waals surface area contributed by atoms with Crippen LogP contribution < -0.4 is 10.1 Å². The Morgan fingerprint density at radius 1 is 1.56 bits per heavy atom. The zero-order valence-corrected chi connectivity index (χ0v) is 8.77. The summed E-state index contributed by atoms with van der Waals surface area (Å²) in [5, 5.41) is 23.8. The first-order valence-corrected chi connectivity index (χ1v) is 4.83. The van der Waals surface area contributed by atoms with E-state index >= 15 is 0 Å². The quantitative estimate of drug-likeness (QED) is 0.573. The monoisotopic (exact) mass is 224 g/mol. The highest BCUT2D eigenvalue weighted by Crippen LogP contribution is 2.35. The van der Waals surface area contributed by atoms with Crippen molar-refractivity contribution in [2.75, 3.05) is 20.2 Å². The number of nitro groups is 1. The topological polar surface area (TPSA) is 84.6 Å². The highest BCUT2D eigenvalue weighted by molar-refractivity contribution is 5.49. The standard InChI is InChI=1S/C10H12N2O4/c1-16-7-2-3-9(12(14)15)8(4-7)10(13)5-11-6-10/h2-4,11,13H,5-6H2,1H3. The van der Waals surface area contributed by atoms with E-state index in [0.717, 1.165) is 0 Å². The summed E-state index contributed by atoms with van der Waals surface area (Å²) < 4.78 is 5.00. The molecule has 1 aromatic rings. The Hall–Kier alpha value is -1.66. The molecule has 1 heterocycles. The van der Waals surface area contributed by atoms with Crippen molar-refractivity contribution in [2.24, 2.45) is 0 Å². The lowest BCUT2D eigenvalue weighted by atomic mass is 9.87. The summed E-state index contributed by atoms with van der Waals surface area (Å²) in [5.74, 6) is 0.501. The van der Waals surface area contributed by atoms with Gasteiger partial charge in [-0.3, -0.25) is 10.1 Å². The van der Waals surface area contributed by atoms with Gasteiger partial charge < -0.3 is 15.2 Å². The van der Waals surface area contributed by atoms with E-state index in [2.05, 4.69) is 5.32 Å². The van der Waals surface area contributed by atoms with Crippen molar-refractivity contribution in [3.63, 3.8) is 0 Å². The number of β-amino-alcohol motifs (C(OH)–C–C–N with tert-alkyl or cyclic N) is 1. The van der Waals surface area contributed by atoms with Crippen LogP contribution >= 0.6 is 0 Å². The van der Waals surface area contributed by atoms with Gasteiger partial charge >= 0.3 is 0 Å². The highest BCUT2D eigenvalue weighted by atomic mass is 16.6. The first kappa shape index (κ1) is 10.8. The Balaban J connectivity index is 2.50. The van der Waals surface area contributed by atoms with Crippen LogP contribution in [0.1, 0.15) is 5.56 Å². The number of methoxy groups -OCH3 is 1. The van der Waals surface area contributed by atoms with E-state index in [4.69, 9.17) is 4.74 Å². The van der Waals surface area contributed by atoms with Crippen LogP contribution in [0.4, 0.5) is 5.69 Å². The van der Waals surface area contributed by atoms with Crippen LogP contribution in [0.15, 0.2) is 18.2 Å². The van der Waals surface area contributed by atoms with Gasteiger partial charge in [-0.05, 0) is 12.1 Å². The number of nitrogens with one attached hydrogen (secondary N) is 1. The molecule has 0 atom stereocenters. The Kier molecular flexibility index (Phi) is 2.53. The minimum absolute atomic E-state index is 0.0789. The van der Waals surface area contributed by atoms with Crippen LogP contribution in [0.5, 0.6) is 5.75 Å². The predicted molar refractivity (Wildman–Crippen MR) is 56.4 cm³/mol. The van der Waals surface area contributed by atoms with E-state index in [1.165, 1.54) is 25.3 Å². The lowest BCUT2D eigenvalue weighted by Gasteiger charge is -2.37. The van der Waals surface area contributed by atoms with E-state index in [0.29, 0.717) is 24.4 Å². The number of aliphatic hydroxyl groups is 1. The SMILES string of the molecule is COc1ccc([N+](=O)[O-])c(C2(O)CNC2)c1. The zero-order chi connectivity index (χ0) is 11.8. The summed E-state index contributed by atoms with van der Waals surface area (Å²) in [6, 6.07) is 4.38. The maximum atomic E-state index is 10.8. The van der Waals surface area contributed by atoms with Crippen molar-refractivity contribution >= 4 is 5.69 Å². The molecule has 0 radical (unpaired) electrons. The maximum absolute atomic E-state index is 10.8. The van der Waals surface area contributed by atoms with Gasteiger partial charge in [0.05, 0.1) is 17.6 Å². The summed E-state index contributed by atoms with van der Waals surface area (Å²) in [5.41, 5.74) is -0.933. The lowest BCUT2D eigenvalue weighted by Crippen LogP contribution is -2.56. The third-order valence-electron chi connectivity index (χ3n) is 2.74. The minimum atomic E-state index is -1.16. The second kappa shape index (κ2) is 3.73. The molecule has 0 amide bonds. The molecule has 1 aromatic carbocycles. The van der Waals surface area contributed by atoms with E-state index in [-0.39, 0.29) is 5.69 Å². The highest BCUT2D eigenvalue weighted by Gasteiger charge is 2.41. The molecule has 6 heteroatoms. The second-order valence-corrected chi connectivity index (χ2v) is 3.78. The van der Waals surface area contributed by atoms with Crippen molar-refractivity contribution in [3.05, 3.63) is 33.9 Å². The minimum Gasteiger partial charge on any atom is -0.497 e. The van der Waals surface area contributed by atoms with Crippen molar-refractivity contribution in [3.8, 4) is 5.75 Å².